The van der Waals surface area contributed by atoms with E-state index in [1.165, 1.54) is 31.8 Å². The highest BCUT2D eigenvalue weighted by molar-refractivity contribution is 5.82. The van der Waals surface area contributed by atoms with Crippen LogP contribution in [0.15, 0.2) is 11.6 Å². The number of carbonyl (C=O) groups excluding carboxylic acids is 1. The van der Waals surface area contributed by atoms with Gasteiger partial charge >= 0.3 is 5.97 Å². The van der Waals surface area contributed by atoms with Crippen molar-refractivity contribution in [3.8, 4) is 11.8 Å². The van der Waals surface area contributed by atoms with Gasteiger partial charge in [-0.15, -0.1) is 11.8 Å². The highest BCUT2D eigenvalue weighted by Crippen LogP contribution is 2.07. The quantitative estimate of drug-likeness (QED) is 0.262. The Morgan fingerprint density at radius 3 is 2.26 bits per heavy atom. The minimum absolute atomic E-state index is 0.213. The SMILES string of the molecule is CCC#CCCCCCCCCOC(=O)C=C(C)C. The second kappa shape index (κ2) is 13.2. The molecule has 0 radical (unpaired) electrons. The summed E-state index contributed by atoms with van der Waals surface area (Å²) in [6.45, 7) is 6.42. The largest absolute Gasteiger partial charge is 0.463 e. The maximum absolute atomic E-state index is 11.2. The van der Waals surface area contributed by atoms with Crippen LogP contribution >= 0.6 is 0 Å². The molecule has 2 heteroatoms. The monoisotopic (exact) mass is 264 g/mol. The van der Waals surface area contributed by atoms with Gasteiger partial charge in [0, 0.05) is 18.9 Å². The first-order valence-electron chi connectivity index (χ1n) is 7.44. The van der Waals surface area contributed by atoms with Gasteiger partial charge in [0.15, 0.2) is 0 Å². The summed E-state index contributed by atoms with van der Waals surface area (Å²) < 4.78 is 5.09. The zero-order chi connectivity index (χ0) is 14.3. The Balaban J connectivity index is 3.23. The molecule has 0 aliphatic rings. The number of rotatable bonds is 9. The van der Waals surface area contributed by atoms with E-state index in [0.29, 0.717) is 6.61 Å². The van der Waals surface area contributed by atoms with E-state index in [-0.39, 0.29) is 5.97 Å². The number of ether oxygens (including phenoxy) is 1. The molecule has 0 unspecified atom stereocenters. The van der Waals surface area contributed by atoms with Crippen LogP contribution in [0, 0.1) is 11.8 Å². The first kappa shape index (κ1) is 17.8. The normalized spacial score (nSPS) is 9.42. The van der Waals surface area contributed by atoms with Crippen LogP contribution < -0.4 is 0 Å². The van der Waals surface area contributed by atoms with Gasteiger partial charge in [0.05, 0.1) is 6.61 Å². The summed E-state index contributed by atoms with van der Waals surface area (Å²) in [5.41, 5.74) is 0.983. The van der Waals surface area contributed by atoms with Gasteiger partial charge in [-0.05, 0) is 26.7 Å². The Morgan fingerprint density at radius 2 is 1.63 bits per heavy atom. The van der Waals surface area contributed by atoms with E-state index in [2.05, 4.69) is 18.8 Å². The second-order valence-electron chi connectivity index (χ2n) is 4.97. The van der Waals surface area contributed by atoms with Crippen LogP contribution in [0.5, 0.6) is 0 Å². The molecule has 0 spiro atoms. The molecule has 0 aliphatic heterocycles. The summed E-state index contributed by atoms with van der Waals surface area (Å²) in [6, 6.07) is 0. The summed E-state index contributed by atoms with van der Waals surface area (Å²) in [7, 11) is 0. The number of allylic oxidation sites excluding steroid dienone is 1. The molecule has 0 aliphatic carbocycles. The third-order valence-electron chi connectivity index (χ3n) is 2.65. The van der Waals surface area contributed by atoms with Crippen molar-refractivity contribution in [1.29, 1.82) is 0 Å². The highest BCUT2D eigenvalue weighted by atomic mass is 16.5. The topological polar surface area (TPSA) is 26.3 Å². The van der Waals surface area contributed by atoms with Crippen molar-refractivity contribution >= 4 is 5.97 Å². The third-order valence-corrected chi connectivity index (χ3v) is 2.65. The maximum atomic E-state index is 11.2. The molecule has 19 heavy (non-hydrogen) atoms. The minimum Gasteiger partial charge on any atom is -0.463 e. The van der Waals surface area contributed by atoms with Gasteiger partial charge in [-0.25, -0.2) is 4.79 Å². The number of esters is 1. The molecule has 0 aromatic carbocycles. The van der Waals surface area contributed by atoms with Gasteiger partial charge in [-0.1, -0.05) is 38.2 Å². The van der Waals surface area contributed by atoms with Crippen molar-refractivity contribution in [2.24, 2.45) is 0 Å². The number of hydrogen-bond donors (Lipinski definition) is 0. The molecule has 0 N–H and O–H groups in total. The summed E-state index contributed by atoms with van der Waals surface area (Å²) >= 11 is 0. The Labute approximate surface area is 118 Å². The average Bonchev–Trinajstić information content (AvgIpc) is 2.35. The van der Waals surface area contributed by atoms with E-state index in [0.717, 1.165) is 31.3 Å². The van der Waals surface area contributed by atoms with E-state index in [9.17, 15) is 4.79 Å². The van der Waals surface area contributed by atoms with Crippen LogP contribution in [0.2, 0.25) is 0 Å². The Hall–Kier alpha value is -1.23. The molecule has 0 saturated carbocycles. The average molecular weight is 264 g/mol. The summed E-state index contributed by atoms with van der Waals surface area (Å²) in [4.78, 5) is 11.2. The van der Waals surface area contributed by atoms with Crippen molar-refractivity contribution in [3.63, 3.8) is 0 Å². The van der Waals surface area contributed by atoms with E-state index < -0.39 is 0 Å². The summed E-state index contributed by atoms with van der Waals surface area (Å²) in [5, 5.41) is 0. The molecule has 0 atom stereocenters. The molecule has 2 nitrogen and oxygen atoms in total. The smallest absolute Gasteiger partial charge is 0.330 e. The number of carbonyl (C=O) groups is 1. The molecule has 0 bridgehead atoms. The second-order valence-corrected chi connectivity index (χ2v) is 4.97. The maximum Gasteiger partial charge on any atom is 0.330 e. The summed E-state index contributed by atoms with van der Waals surface area (Å²) in [5.74, 6) is 6.04. The summed E-state index contributed by atoms with van der Waals surface area (Å²) in [6.07, 6.45) is 10.6. The number of hydrogen-bond acceptors (Lipinski definition) is 2. The van der Waals surface area contributed by atoms with Gasteiger partial charge in [-0.2, -0.15) is 0 Å². The predicted molar refractivity (Wildman–Crippen MR) is 80.8 cm³/mol. The molecular formula is C17H28O2. The number of unbranched alkanes of at least 4 members (excludes halogenated alkanes) is 6. The van der Waals surface area contributed by atoms with E-state index in [4.69, 9.17) is 4.74 Å². The Bertz CT molecular complexity index is 314. The van der Waals surface area contributed by atoms with Crippen molar-refractivity contribution in [3.05, 3.63) is 11.6 Å². The van der Waals surface area contributed by atoms with Gasteiger partial charge in [0.1, 0.15) is 0 Å². The van der Waals surface area contributed by atoms with Crippen molar-refractivity contribution < 1.29 is 9.53 Å². The molecule has 0 amide bonds. The van der Waals surface area contributed by atoms with Gasteiger partial charge in [0.2, 0.25) is 0 Å². The van der Waals surface area contributed by atoms with Crippen molar-refractivity contribution in [1.82, 2.24) is 0 Å². The van der Waals surface area contributed by atoms with E-state index >= 15 is 0 Å². The molecule has 0 aromatic heterocycles. The Morgan fingerprint density at radius 1 is 1.00 bits per heavy atom. The van der Waals surface area contributed by atoms with Crippen molar-refractivity contribution in [2.45, 2.75) is 72.1 Å². The fraction of sp³-hybridized carbons (Fsp3) is 0.706. The van der Waals surface area contributed by atoms with Crippen LogP contribution in [0.25, 0.3) is 0 Å². The standard InChI is InChI=1S/C17H28O2/c1-4-5-6-7-8-9-10-11-12-13-14-19-17(18)15-16(2)3/h15H,4,7-14H2,1-3H3. The lowest BCUT2D eigenvalue weighted by Crippen LogP contribution is -2.02. The molecule has 0 aromatic rings. The van der Waals surface area contributed by atoms with Crippen molar-refractivity contribution in [2.75, 3.05) is 6.61 Å². The van der Waals surface area contributed by atoms with E-state index in [1.54, 1.807) is 0 Å². The van der Waals surface area contributed by atoms with Crippen LogP contribution in [-0.2, 0) is 9.53 Å². The van der Waals surface area contributed by atoms with Gasteiger partial charge < -0.3 is 4.74 Å². The zero-order valence-corrected chi connectivity index (χ0v) is 12.8. The van der Waals surface area contributed by atoms with Gasteiger partial charge in [0.25, 0.3) is 0 Å². The molecule has 0 rings (SSSR count). The van der Waals surface area contributed by atoms with Crippen LogP contribution in [0.4, 0.5) is 0 Å². The lowest BCUT2D eigenvalue weighted by atomic mass is 10.1. The molecule has 0 heterocycles. The molecular weight excluding hydrogens is 236 g/mol. The Kier molecular flexibility index (Phi) is 12.4. The predicted octanol–water partition coefficient (Wildman–Crippen LogP) is 4.64. The first-order chi connectivity index (χ1) is 9.16. The third kappa shape index (κ3) is 14.7. The zero-order valence-electron chi connectivity index (χ0n) is 12.8. The first-order valence-corrected chi connectivity index (χ1v) is 7.44. The molecule has 108 valence electrons. The lowest BCUT2D eigenvalue weighted by molar-refractivity contribution is -0.137. The van der Waals surface area contributed by atoms with Crippen LogP contribution in [0.1, 0.15) is 72.1 Å². The lowest BCUT2D eigenvalue weighted by Gasteiger charge is -2.02. The van der Waals surface area contributed by atoms with E-state index in [1.807, 2.05) is 13.8 Å². The molecule has 0 saturated heterocycles. The fourth-order valence-electron chi connectivity index (χ4n) is 1.69. The van der Waals surface area contributed by atoms with Crippen LogP contribution in [-0.4, -0.2) is 12.6 Å². The van der Waals surface area contributed by atoms with Gasteiger partial charge in [-0.3, -0.25) is 0 Å². The minimum atomic E-state index is -0.213. The molecule has 0 fully saturated rings. The van der Waals surface area contributed by atoms with Crippen LogP contribution in [0.3, 0.4) is 0 Å². The fourth-order valence-corrected chi connectivity index (χ4v) is 1.69. The highest BCUT2D eigenvalue weighted by Gasteiger charge is 1.97.